The van der Waals surface area contributed by atoms with Crippen molar-refractivity contribution in [2.24, 2.45) is 0 Å². The Morgan fingerprint density at radius 1 is 1.43 bits per heavy atom. The van der Waals surface area contributed by atoms with Crippen LogP contribution in [0.1, 0.15) is 32.2 Å². The summed E-state index contributed by atoms with van der Waals surface area (Å²) < 4.78 is 28.4. The first-order valence-electron chi connectivity index (χ1n) is 6.48. The molecule has 0 amide bonds. The highest BCUT2D eigenvalue weighted by molar-refractivity contribution is 5.67. The second-order valence-electron chi connectivity index (χ2n) is 4.61. The van der Waals surface area contributed by atoms with E-state index in [1.165, 1.54) is 4.68 Å². The van der Waals surface area contributed by atoms with Gasteiger partial charge in [0.05, 0.1) is 18.0 Å². The molecule has 0 fully saturated rings. The van der Waals surface area contributed by atoms with Crippen LogP contribution < -0.4 is 0 Å². The molecule has 1 aromatic carbocycles. The summed E-state index contributed by atoms with van der Waals surface area (Å²) in [6, 6.07) is 2.45. The van der Waals surface area contributed by atoms with Crippen LogP contribution in [0.5, 0.6) is 0 Å². The minimum absolute atomic E-state index is 0.0201. The number of rotatable bonds is 6. The fourth-order valence-electron chi connectivity index (χ4n) is 2.13. The van der Waals surface area contributed by atoms with E-state index in [4.69, 9.17) is 5.11 Å². The van der Waals surface area contributed by atoms with Gasteiger partial charge in [-0.3, -0.25) is 4.79 Å². The molecule has 21 heavy (non-hydrogen) atoms. The van der Waals surface area contributed by atoms with Crippen LogP contribution in [-0.2, 0) is 4.79 Å². The summed E-state index contributed by atoms with van der Waals surface area (Å²) >= 11 is 0. The molecular weight excluding hydrogens is 282 g/mol. The first kappa shape index (κ1) is 15.0. The third-order valence-corrected chi connectivity index (χ3v) is 3.04. The van der Waals surface area contributed by atoms with Gasteiger partial charge in [-0.1, -0.05) is 13.3 Å². The van der Waals surface area contributed by atoms with E-state index in [1.54, 1.807) is 0 Å². The smallest absolute Gasteiger partial charge is 0.305 e. The van der Waals surface area contributed by atoms with Gasteiger partial charge in [-0.2, -0.15) is 0 Å². The van der Waals surface area contributed by atoms with E-state index in [0.29, 0.717) is 12.8 Å². The summed E-state index contributed by atoms with van der Waals surface area (Å²) in [4.78, 5) is 10.9. The topological polar surface area (TPSA) is 80.9 Å². The summed E-state index contributed by atoms with van der Waals surface area (Å²) in [5.41, 5.74) is -0.0912. The predicted molar refractivity (Wildman–Crippen MR) is 69.4 cm³/mol. The standard InChI is InChI=1S/C13H14F2N4O2/c1-2-3-9(7-12(20)21)19-13(16-17-18-19)10-6-8(14)4-5-11(10)15/h4-6,9H,2-3,7H2,1H3,(H,20,21). The molecule has 8 heteroatoms. The zero-order chi connectivity index (χ0) is 15.4. The fraction of sp³-hybridized carbons (Fsp3) is 0.385. The maximum atomic E-state index is 13.8. The number of aromatic nitrogens is 4. The lowest BCUT2D eigenvalue weighted by molar-refractivity contribution is -0.138. The fourth-order valence-corrected chi connectivity index (χ4v) is 2.13. The van der Waals surface area contributed by atoms with Gasteiger partial charge in [-0.05, 0) is 35.0 Å². The maximum Gasteiger partial charge on any atom is 0.305 e. The van der Waals surface area contributed by atoms with Crippen LogP contribution in [0.25, 0.3) is 11.4 Å². The van der Waals surface area contributed by atoms with Crippen molar-refractivity contribution in [1.29, 1.82) is 0 Å². The molecular formula is C13H14F2N4O2. The SMILES string of the molecule is CCCC(CC(=O)O)n1nnnc1-c1cc(F)ccc1F. The number of hydrogen-bond acceptors (Lipinski definition) is 4. The lowest BCUT2D eigenvalue weighted by Gasteiger charge is -2.15. The zero-order valence-electron chi connectivity index (χ0n) is 11.3. The predicted octanol–water partition coefficient (Wildman–Crippen LogP) is 2.43. The minimum Gasteiger partial charge on any atom is -0.481 e. The summed E-state index contributed by atoms with van der Waals surface area (Å²) in [5.74, 6) is -2.27. The molecule has 1 unspecified atom stereocenters. The molecule has 1 aromatic heterocycles. The Labute approximate surface area is 119 Å². The third-order valence-electron chi connectivity index (χ3n) is 3.04. The van der Waals surface area contributed by atoms with Crippen molar-refractivity contribution in [1.82, 2.24) is 20.2 Å². The molecule has 2 aromatic rings. The van der Waals surface area contributed by atoms with Crippen LogP contribution in [0.4, 0.5) is 8.78 Å². The first-order chi connectivity index (χ1) is 10.0. The number of halogens is 2. The molecule has 0 radical (unpaired) electrons. The van der Waals surface area contributed by atoms with E-state index in [9.17, 15) is 13.6 Å². The summed E-state index contributed by atoms with van der Waals surface area (Å²) in [6.07, 6.45) is 1.03. The van der Waals surface area contributed by atoms with Gasteiger partial charge in [-0.15, -0.1) is 5.10 Å². The highest BCUT2D eigenvalue weighted by atomic mass is 19.1. The van der Waals surface area contributed by atoms with Crippen LogP contribution in [0.3, 0.4) is 0 Å². The van der Waals surface area contributed by atoms with Gasteiger partial charge in [0, 0.05) is 0 Å². The van der Waals surface area contributed by atoms with E-state index in [-0.39, 0.29) is 17.8 Å². The number of hydrogen-bond donors (Lipinski definition) is 1. The molecule has 0 aliphatic rings. The second-order valence-corrected chi connectivity index (χ2v) is 4.61. The number of carbonyl (C=O) groups is 1. The summed E-state index contributed by atoms with van der Waals surface area (Å²) in [6.45, 7) is 1.89. The summed E-state index contributed by atoms with van der Waals surface area (Å²) in [7, 11) is 0. The molecule has 1 N–H and O–H groups in total. The largest absolute Gasteiger partial charge is 0.481 e. The molecule has 0 aliphatic carbocycles. The quantitative estimate of drug-likeness (QED) is 0.885. The minimum atomic E-state index is -1.00. The lowest BCUT2D eigenvalue weighted by atomic mass is 10.1. The molecule has 1 heterocycles. The number of benzene rings is 1. The van der Waals surface area contributed by atoms with Crippen molar-refractivity contribution in [2.45, 2.75) is 32.2 Å². The van der Waals surface area contributed by atoms with Crippen LogP contribution >= 0.6 is 0 Å². The van der Waals surface area contributed by atoms with Crippen LogP contribution in [0.2, 0.25) is 0 Å². The van der Waals surface area contributed by atoms with Crippen molar-refractivity contribution in [3.8, 4) is 11.4 Å². The monoisotopic (exact) mass is 296 g/mol. The van der Waals surface area contributed by atoms with Crippen molar-refractivity contribution < 1.29 is 18.7 Å². The van der Waals surface area contributed by atoms with E-state index in [1.807, 2.05) is 6.92 Å². The molecule has 0 saturated heterocycles. The molecule has 6 nitrogen and oxygen atoms in total. The molecule has 0 saturated carbocycles. The van der Waals surface area contributed by atoms with Crippen molar-refractivity contribution in [2.75, 3.05) is 0 Å². The average Bonchev–Trinajstić information content (AvgIpc) is 2.89. The summed E-state index contributed by atoms with van der Waals surface area (Å²) in [5, 5.41) is 19.9. The Morgan fingerprint density at radius 3 is 2.86 bits per heavy atom. The molecule has 0 bridgehead atoms. The Bertz CT molecular complexity index is 645. The Morgan fingerprint density at radius 2 is 2.19 bits per heavy atom. The van der Waals surface area contributed by atoms with Crippen LogP contribution in [0, 0.1) is 11.6 Å². The third kappa shape index (κ3) is 3.39. The highest BCUT2D eigenvalue weighted by Crippen LogP contribution is 2.26. The number of carboxylic acids is 1. The number of aliphatic carboxylic acids is 1. The van der Waals surface area contributed by atoms with E-state index in [2.05, 4.69) is 15.5 Å². The van der Waals surface area contributed by atoms with Gasteiger partial charge in [0.1, 0.15) is 11.6 Å². The average molecular weight is 296 g/mol. The highest BCUT2D eigenvalue weighted by Gasteiger charge is 2.22. The number of nitrogens with zero attached hydrogens (tertiary/aromatic N) is 4. The van der Waals surface area contributed by atoms with Crippen molar-refractivity contribution in [3.63, 3.8) is 0 Å². The zero-order valence-corrected chi connectivity index (χ0v) is 11.3. The van der Waals surface area contributed by atoms with Gasteiger partial charge < -0.3 is 5.11 Å². The van der Waals surface area contributed by atoms with Gasteiger partial charge >= 0.3 is 5.97 Å². The molecule has 0 aliphatic heterocycles. The Balaban J connectivity index is 2.45. The Hall–Kier alpha value is -2.38. The Kier molecular flexibility index (Phi) is 4.56. The maximum absolute atomic E-state index is 13.8. The van der Waals surface area contributed by atoms with Crippen molar-refractivity contribution >= 4 is 5.97 Å². The molecule has 112 valence electrons. The van der Waals surface area contributed by atoms with E-state index in [0.717, 1.165) is 18.2 Å². The van der Waals surface area contributed by atoms with E-state index < -0.39 is 23.6 Å². The number of carboxylic acid groups (broad SMARTS) is 1. The van der Waals surface area contributed by atoms with Crippen molar-refractivity contribution in [3.05, 3.63) is 29.8 Å². The normalized spacial score (nSPS) is 12.3. The lowest BCUT2D eigenvalue weighted by Crippen LogP contribution is -2.16. The first-order valence-corrected chi connectivity index (χ1v) is 6.48. The number of tetrazole rings is 1. The van der Waals surface area contributed by atoms with Crippen LogP contribution in [0.15, 0.2) is 18.2 Å². The van der Waals surface area contributed by atoms with Gasteiger partial charge in [0.25, 0.3) is 0 Å². The molecule has 0 spiro atoms. The molecule has 2 rings (SSSR count). The van der Waals surface area contributed by atoms with E-state index >= 15 is 0 Å². The van der Waals surface area contributed by atoms with Gasteiger partial charge in [0.2, 0.25) is 0 Å². The van der Waals surface area contributed by atoms with Crippen LogP contribution in [-0.4, -0.2) is 31.3 Å². The van der Waals surface area contributed by atoms with Gasteiger partial charge in [-0.25, -0.2) is 13.5 Å². The second kappa shape index (κ2) is 6.38. The van der Waals surface area contributed by atoms with Gasteiger partial charge in [0.15, 0.2) is 5.82 Å². The molecule has 1 atom stereocenters.